The lowest BCUT2D eigenvalue weighted by Crippen LogP contribution is -2.54. The number of carbonyl (C=O) groups is 5. The highest BCUT2D eigenvalue weighted by Crippen LogP contribution is 2.33. The number of anilines is 4. The Morgan fingerprint density at radius 1 is 0.948 bits per heavy atom. The average molecular weight is 798 g/mol. The molecule has 2 fully saturated rings. The van der Waals surface area contributed by atoms with E-state index in [-0.39, 0.29) is 75.7 Å². The number of carbonyl (C=O) groups excluding carboxylic acids is 5. The smallest absolute Gasteiger partial charge is 0.264 e. The van der Waals surface area contributed by atoms with E-state index in [1.54, 1.807) is 30.6 Å². The number of amides is 5. The second-order valence-electron chi connectivity index (χ2n) is 14.2. The summed E-state index contributed by atoms with van der Waals surface area (Å²) in [7, 11) is 0. The van der Waals surface area contributed by atoms with Crippen molar-refractivity contribution in [2.75, 3.05) is 62.1 Å². The van der Waals surface area contributed by atoms with Crippen LogP contribution in [0.1, 0.15) is 63.7 Å². The molecule has 17 nitrogen and oxygen atoms in total. The number of imide groups is 2. The summed E-state index contributed by atoms with van der Waals surface area (Å²) in [5.41, 5.74) is 2.47. The molecule has 2 aliphatic heterocycles. The van der Waals surface area contributed by atoms with Crippen LogP contribution in [0, 0.1) is 0 Å². The van der Waals surface area contributed by atoms with Crippen LogP contribution in [-0.2, 0) is 23.8 Å². The van der Waals surface area contributed by atoms with Crippen LogP contribution in [0.3, 0.4) is 0 Å². The van der Waals surface area contributed by atoms with E-state index < -0.39 is 41.7 Å². The Morgan fingerprint density at radius 3 is 2.60 bits per heavy atom. The Balaban J connectivity index is 0.773. The van der Waals surface area contributed by atoms with Crippen LogP contribution < -0.4 is 26.6 Å². The zero-order valence-corrected chi connectivity index (χ0v) is 31.8. The maximum absolute atomic E-state index is 14.7. The molecule has 18 heteroatoms. The summed E-state index contributed by atoms with van der Waals surface area (Å²) in [5, 5.41) is 15.4. The Bertz CT molecular complexity index is 2190. The van der Waals surface area contributed by atoms with Gasteiger partial charge in [-0.2, -0.15) is 0 Å². The topological polar surface area (TPSA) is 215 Å². The molecule has 58 heavy (non-hydrogen) atoms. The summed E-state index contributed by atoms with van der Waals surface area (Å²) < 4.78 is 31.4. The van der Waals surface area contributed by atoms with E-state index in [2.05, 4.69) is 41.5 Å². The van der Waals surface area contributed by atoms with Gasteiger partial charge in [-0.15, -0.1) is 0 Å². The fourth-order valence-electron chi connectivity index (χ4n) is 6.51. The van der Waals surface area contributed by atoms with Crippen molar-refractivity contribution in [2.45, 2.75) is 57.0 Å². The van der Waals surface area contributed by atoms with Crippen molar-refractivity contribution >= 4 is 63.4 Å². The Kier molecular flexibility index (Phi) is 12.7. The molecular formula is C40H44FN9O8. The standard InChI is InChI=1S/C40H44FN9O8/c1-23(18-43-30-4-2-3-27-36(30)40(55)50(39(27)54)32-8-10-35(51)49-38(32)53)58-16-15-56-13-14-57-22-25(41)20-45-37(52)28-21-44-34(17-31(28)46-26-6-7-26)48-33-9-5-24-19-42-12-11-29(24)47-33/h2-5,9,11-12,17,19,21,23,25-26,32,43H,6-8,10,13-16,18,20,22H2,1H3,(H,45,52)(H,49,51,53)(H2,44,46,47,48). The fourth-order valence-corrected chi connectivity index (χ4v) is 6.51. The molecule has 1 aliphatic carbocycles. The molecule has 3 unspecified atom stereocenters. The third-order valence-corrected chi connectivity index (χ3v) is 9.66. The molecule has 0 bridgehead atoms. The van der Waals surface area contributed by atoms with Crippen molar-refractivity contribution in [3.05, 3.63) is 77.7 Å². The number of nitrogens with zero attached hydrogens (tertiary/aromatic N) is 4. The first-order chi connectivity index (χ1) is 28.1. The Hall–Kier alpha value is -6.11. The van der Waals surface area contributed by atoms with Gasteiger partial charge < -0.3 is 35.5 Å². The predicted molar refractivity (Wildman–Crippen MR) is 210 cm³/mol. The lowest BCUT2D eigenvalue weighted by molar-refractivity contribution is -0.136. The molecule has 0 spiro atoms. The van der Waals surface area contributed by atoms with Gasteiger partial charge in [0.15, 0.2) is 0 Å². The molecule has 304 valence electrons. The van der Waals surface area contributed by atoms with E-state index in [0.29, 0.717) is 35.1 Å². The monoisotopic (exact) mass is 797 g/mol. The minimum Gasteiger partial charge on any atom is -0.382 e. The van der Waals surface area contributed by atoms with Crippen molar-refractivity contribution in [2.24, 2.45) is 0 Å². The summed E-state index contributed by atoms with van der Waals surface area (Å²) >= 11 is 0. The van der Waals surface area contributed by atoms with E-state index in [4.69, 9.17) is 14.2 Å². The van der Waals surface area contributed by atoms with Gasteiger partial charge in [-0.3, -0.25) is 39.2 Å². The molecule has 5 heterocycles. The van der Waals surface area contributed by atoms with Crippen LogP contribution in [0.15, 0.2) is 61.1 Å². The van der Waals surface area contributed by atoms with Crippen molar-refractivity contribution in [1.82, 2.24) is 30.5 Å². The van der Waals surface area contributed by atoms with Gasteiger partial charge in [-0.05, 0) is 56.5 Å². The van der Waals surface area contributed by atoms with Gasteiger partial charge in [0.05, 0.1) is 73.6 Å². The highest BCUT2D eigenvalue weighted by atomic mass is 19.1. The molecule has 7 rings (SSSR count). The highest BCUT2D eigenvalue weighted by Gasteiger charge is 2.45. The van der Waals surface area contributed by atoms with Crippen LogP contribution >= 0.6 is 0 Å². The number of piperidine rings is 1. The van der Waals surface area contributed by atoms with Crippen molar-refractivity contribution in [3.8, 4) is 0 Å². The SMILES string of the molecule is CC(CNc1cccc2c1C(=O)N(C1CCC(=O)NC1=O)C2=O)OCCOCCOCC(F)CNC(=O)c1cnc(Nc2ccc3cnccc3n2)cc1NC1CC1. The molecular weight excluding hydrogens is 753 g/mol. The summed E-state index contributed by atoms with van der Waals surface area (Å²) in [4.78, 5) is 77.4. The minimum absolute atomic E-state index is 0.0410. The van der Waals surface area contributed by atoms with Crippen LogP contribution in [0.4, 0.5) is 27.4 Å². The molecule has 3 aromatic heterocycles. The number of hydrogen-bond donors (Lipinski definition) is 5. The van der Waals surface area contributed by atoms with Gasteiger partial charge in [0.1, 0.15) is 23.8 Å². The third-order valence-electron chi connectivity index (χ3n) is 9.66. The molecule has 1 saturated carbocycles. The number of pyridine rings is 3. The van der Waals surface area contributed by atoms with Gasteiger partial charge in [0, 0.05) is 54.7 Å². The van der Waals surface area contributed by atoms with Crippen LogP contribution in [0.5, 0.6) is 0 Å². The number of ether oxygens (including phenoxy) is 3. The van der Waals surface area contributed by atoms with Crippen LogP contribution in [0.2, 0.25) is 0 Å². The van der Waals surface area contributed by atoms with E-state index in [1.165, 1.54) is 12.3 Å². The van der Waals surface area contributed by atoms with Gasteiger partial charge in [-0.25, -0.2) is 14.4 Å². The summed E-state index contributed by atoms with van der Waals surface area (Å²) in [5.74, 6) is -1.63. The number of fused-ring (bicyclic) bond motifs is 2. The molecule has 3 aliphatic rings. The third kappa shape index (κ3) is 9.88. The van der Waals surface area contributed by atoms with E-state index in [0.717, 1.165) is 28.6 Å². The van der Waals surface area contributed by atoms with Gasteiger partial charge in [-0.1, -0.05) is 6.07 Å². The summed E-state index contributed by atoms with van der Waals surface area (Å²) in [6.45, 7) is 2.54. The van der Waals surface area contributed by atoms with E-state index in [1.807, 2.05) is 25.1 Å². The Morgan fingerprint density at radius 2 is 1.78 bits per heavy atom. The number of halogens is 1. The molecule has 5 amide bonds. The number of rotatable bonds is 20. The number of benzene rings is 1. The zero-order chi connectivity index (χ0) is 40.6. The normalized spacial score (nSPS) is 17.5. The molecule has 1 aromatic carbocycles. The number of nitrogens with one attached hydrogen (secondary N) is 5. The maximum atomic E-state index is 14.7. The Labute approximate surface area is 332 Å². The molecule has 1 saturated heterocycles. The van der Waals surface area contributed by atoms with Crippen molar-refractivity contribution in [1.29, 1.82) is 0 Å². The first-order valence-electron chi connectivity index (χ1n) is 19.2. The lowest BCUT2D eigenvalue weighted by atomic mass is 10.0. The molecule has 0 radical (unpaired) electrons. The summed E-state index contributed by atoms with van der Waals surface area (Å²) in [6.07, 6.45) is 5.23. The second-order valence-corrected chi connectivity index (χ2v) is 14.2. The van der Waals surface area contributed by atoms with Gasteiger partial charge >= 0.3 is 0 Å². The second kappa shape index (κ2) is 18.4. The zero-order valence-electron chi connectivity index (χ0n) is 31.8. The number of aromatic nitrogens is 3. The number of hydrogen-bond acceptors (Lipinski definition) is 14. The van der Waals surface area contributed by atoms with E-state index >= 15 is 0 Å². The largest absolute Gasteiger partial charge is 0.382 e. The predicted octanol–water partition coefficient (Wildman–Crippen LogP) is 3.36. The van der Waals surface area contributed by atoms with Crippen LogP contribution in [0.25, 0.3) is 10.9 Å². The van der Waals surface area contributed by atoms with Crippen molar-refractivity contribution in [3.63, 3.8) is 0 Å². The lowest BCUT2D eigenvalue weighted by Gasteiger charge is -2.27. The highest BCUT2D eigenvalue weighted by molar-refractivity contribution is 6.25. The molecule has 3 atom stereocenters. The van der Waals surface area contributed by atoms with Gasteiger partial charge in [0.25, 0.3) is 17.7 Å². The van der Waals surface area contributed by atoms with Crippen molar-refractivity contribution < 1.29 is 42.6 Å². The first-order valence-corrected chi connectivity index (χ1v) is 19.2. The quantitative estimate of drug-likeness (QED) is 0.0641. The molecule has 5 N–H and O–H groups in total. The van der Waals surface area contributed by atoms with Crippen LogP contribution in [-0.4, -0.2) is 120 Å². The summed E-state index contributed by atoms with van der Waals surface area (Å²) in [6, 6.07) is 11.4. The first kappa shape index (κ1) is 40.1. The fraction of sp³-hybridized carbons (Fsp3) is 0.400. The molecule has 4 aromatic rings. The average Bonchev–Trinajstić information content (AvgIpc) is 4.00. The minimum atomic E-state index is -1.44. The van der Waals surface area contributed by atoms with E-state index in [9.17, 15) is 28.4 Å². The van der Waals surface area contributed by atoms with Gasteiger partial charge in [0.2, 0.25) is 11.8 Å². The maximum Gasteiger partial charge on any atom is 0.264 e. The number of alkyl halides is 1.